The molecule has 0 aromatic heterocycles. The molecule has 0 saturated carbocycles. The van der Waals surface area contributed by atoms with Crippen LogP contribution >= 0.6 is 0 Å². The lowest BCUT2D eigenvalue weighted by atomic mass is 10.2. The second kappa shape index (κ2) is 7.04. The maximum absolute atomic E-state index is 12.0. The molecule has 0 aliphatic rings. The molecule has 0 aliphatic heterocycles. The van der Waals surface area contributed by atoms with E-state index in [0.717, 1.165) is 6.08 Å². The maximum Gasteiger partial charge on any atom is 0.244 e. The van der Waals surface area contributed by atoms with Crippen molar-refractivity contribution in [2.75, 3.05) is 20.3 Å². The van der Waals surface area contributed by atoms with Gasteiger partial charge in [0.2, 0.25) is 10.0 Å². The molecule has 20 heavy (non-hydrogen) atoms. The van der Waals surface area contributed by atoms with Crippen LogP contribution in [0.2, 0.25) is 0 Å². The van der Waals surface area contributed by atoms with E-state index in [4.69, 9.17) is 9.84 Å². The number of carbonyl (C=O) groups is 1. The molecule has 0 heterocycles. The maximum atomic E-state index is 12.0. The van der Waals surface area contributed by atoms with Crippen molar-refractivity contribution in [3.05, 3.63) is 29.8 Å². The largest absolute Gasteiger partial charge is 0.545 e. The summed E-state index contributed by atoms with van der Waals surface area (Å²) in [4.78, 5) is 10.2. The molecule has 7 nitrogen and oxygen atoms in total. The minimum absolute atomic E-state index is 0.112. The second-order valence-corrected chi connectivity index (χ2v) is 5.42. The molecule has 0 bridgehead atoms. The van der Waals surface area contributed by atoms with Crippen molar-refractivity contribution in [3.63, 3.8) is 0 Å². The van der Waals surface area contributed by atoms with Crippen LogP contribution in [0.3, 0.4) is 0 Å². The number of aliphatic hydroxyl groups is 1. The summed E-state index contributed by atoms with van der Waals surface area (Å²) >= 11 is 0. The topological polar surface area (TPSA) is 116 Å². The van der Waals surface area contributed by atoms with E-state index in [1.807, 2.05) is 0 Å². The lowest BCUT2D eigenvalue weighted by Crippen LogP contribution is -2.27. The van der Waals surface area contributed by atoms with Crippen molar-refractivity contribution in [1.82, 2.24) is 4.72 Å². The Morgan fingerprint density at radius 3 is 2.75 bits per heavy atom. The molecular formula is C12H14NO6S-. The smallest absolute Gasteiger partial charge is 0.244 e. The van der Waals surface area contributed by atoms with E-state index in [9.17, 15) is 18.3 Å². The summed E-state index contributed by atoms with van der Waals surface area (Å²) in [6, 6.07) is 4.17. The van der Waals surface area contributed by atoms with Crippen LogP contribution in [0.4, 0.5) is 0 Å². The van der Waals surface area contributed by atoms with Crippen molar-refractivity contribution in [2.45, 2.75) is 4.90 Å². The van der Waals surface area contributed by atoms with Crippen LogP contribution in [-0.4, -0.2) is 39.8 Å². The Balaban J connectivity index is 3.21. The predicted octanol–water partition coefficient (Wildman–Crippen LogP) is -1.27. The van der Waals surface area contributed by atoms with Gasteiger partial charge in [0, 0.05) is 6.54 Å². The van der Waals surface area contributed by atoms with Crippen LogP contribution in [0.15, 0.2) is 29.2 Å². The molecule has 0 spiro atoms. The molecule has 110 valence electrons. The molecule has 0 amide bonds. The van der Waals surface area contributed by atoms with Crippen LogP contribution in [-0.2, 0) is 14.8 Å². The monoisotopic (exact) mass is 300 g/mol. The van der Waals surface area contributed by atoms with Gasteiger partial charge >= 0.3 is 0 Å². The molecule has 0 fully saturated rings. The first kappa shape index (κ1) is 16.2. The number of carboxylic acids is 1. The minimum Gasteiger partial charge on any atom is -0.545 e. The van der Waals surface area contributed by atoms with Crippen molar-refractivity contribution in [2.24, 2.45) is 0 Å². The van der Waals surface area contributed by atoms with Gasteiger partial charge in [-0.3, -0.25) is 0 Å². The minimum atomic E-state index is -3.86. The lowest BCUT2D eigenvalue weighted by molar-refractivity contribution is -0.297. The van der Waals surface area contributed by atoms with Crippen molar-refractivity contribution in [3.8, 4) is 5.75 Å². The van der Waals surface area contributed by atoms with Crippen LogP contribution < -0.4 is 14.6 Å². The van der Waals surface area contributed by atoms with Crippen LogP contribution in [0.5, 0.6) is 5.75 Å². The Hall–Kier alpha value is -1.90. The van der Waals surface area contributed by atoms with E-state index in [0.29, 0.717) is 5.56 Å². The Morgan fingerprint density at radius 2 is 2.20 bits per heavy atom. The van der Waals surface area contributed by atoms with E-state index in [2.05, 4.69) is 4.72 Å². The van der Waals surface area contributed by atoms with Gasteiger partial charge in [0.15, 0.2) is 0 Å². The van der Waals surface area contributed by atoms with Crippen LogP contribution in [0.25, 0.3) is 6.08 Å². The summed E-state index contributed by atoms with van der Waals surface area (Å²) in [5.74, 6) is -1.27. The van der Waals surface area contributed by atoms with Gasteiger partial charge in [-0.25, -0.2) is 13.1 Å². The number of carboxylic acid groups (broad SMARTS) is 1. The van der Waals surface area contributed by atoms with Crippen molar-refractivity contribution < 1.29 is 28.2 Å². The number of hydrogen-bond acceptors (Lipinski definition) is 6. The molecule has 0 aliphatic carbocycles. The number of hydrogen-bond donors (Lipinski definition) is 2. The second-order valence-electron chi connectivity index (χ2n) is 3.68. The first-order valence-electron chi connectivity index (χ1n) is 5.58. The number of aliphatic hydroxyl groups excluding tert-OH is 1. The van der Waals surface area contributed by atoms with Gasteiger partial charge in [-0.05, 0) is 23.8 Å². The molecule has 0 saturated heterocycles. The van der Waals surface area contributed by atoms with Gasteiger partial charge in [-0.15, -0.1) is 0 Å². The van der Waals surface area contributed by atoms with Crippen molar-refractivity contribution >= 4 is 22.1 Å². The molecule has 8 heteroatoms. The van der Waals surface area contributed by atoms with Gasteiger partial charge in [-0.1, -0.05) is 12.1 Å². The summed E-state index contributed by atoms with van der Waals surface area (Å²) < 4.78 is 31.2. The third-order valence-corrected chi connectivity index (χ3v) is 3.78. The number of methoxy groups -OCH3 is 1. The number of nitrogens with one attached hydrogen (secondary N) is 1. The highest BCUT2D eigenvalue weighted by atomic mass is 32.2. The zero-order valence-electron chi connectivity index (χ0n) is 10.7. The molecule has 1 aromatic rings. The molecule has 0 unspecified atom stereocenters. The third kappa shape index (κ3) is 4.34. The Labute approximate surface area is 116 Å². The van der Waals surface area contributed by atoms with E-state index in [1.54, 1.807) is 0 Å². The van der Waals surface area contributed by atoms with Gasteiger partial charge in [-0.2, -0.15) is 0 Å². The summed E-state index contributed by atoms with van der Waals surface area (Å²) in [5, 5.41) is 19.0. The first-order chi connectivity index (χ1) is 9.40. The third-order valence-electron chi connectivity index (χ3n) is 2.29. The average molecular weight is 300 g/mol. The summed E-state index contributed by atoms with van der Waals surface area (Å²) in [6.45, 7) is -0.476. The number of aliphatic carboxylic acids is 1. The highest BCUT2D eigenvalue weighted by Crippen LogP contribution is 2.25. The van der Waals surface area contributed by atoms with Gasteiger partial charge in [0.25, 0.3) is 0 Å². The molecule has 1 aromatic carbocycles. The zero-order valence-corrected chi connectivity index (χ0v) is 11.5. The zero-order chi connectivity index (χ0) is 15.2. The van der Waals surface area contributed by atoms with E-state index in [-0.39, 0.29) is 23.8 Å². The van der Waals surface area contributed by atoms with Gasteiger partial charge in [0.05, 0.1) is 19.7 Å². The number of rotatable bonds is 7. The standard InChI is InChI=1S/C12H15NO6S/c1-19-10-4-2-9(3-5-12(15)16)8-11(10)20(17,18)13-6-7-14/h2-5,8,13-14H,6-7H2,1H3,(H,15,16)/p-1/b5-3+. The van der Waals surface area contributed by atoms with E-state index in [1.165, 1.54) is 31.4 Å². The fourth-order valence-electron chi connectivity index (χ4n) is 1.43. The van der Waals surface area contributed by atoms with Gasteiger partial charge < -0.3 is 19.7 Å². The molecular weight excluding hydrogens is 286 g/mol. The number of sulfonamides is 1. The highest BCUT2D eigenvalue weighted by Gasteiger charge is 2.19. The van der Waals surface area contributed by atoms with E-state index >= 15 is 0 Å². The van der Waals surface area contributed by atoms with Crippen LogP contribution in [0, 0.1) is 0 Å². The quantitative estimate of drug-likeness (QED) is 0.607. The Morgan fingerprint density at radius 1 is 1.50 bits per heavy atom. The normalized spacial score (nSPS) is 11.7. The Kier molecular flexibility index (Phi) is 5.68. The predicted molar refractivity (Wildman–Crippen MR) is 69.3 cm³/mol. The number of ether oxygens (including phenoxy) is 1. The number of benzene rings is 1. The average Bonchev–Trinajstić information content (AvgIpc) is 2.42. The molecule has 0 atom stereocenters. The fraction of sp³-hybridized carbons (Fsp3) is 0.250. The first-order valence-corrected chi connectivity index (χ1v) is 7.06. The van der Waals surface area contributed by atoms with Crippen molar-refractivity contribution in [1.29, 1.82) is 0 Å². The molecule has 1 rings (SSSR count). The van der Waals surface area contributed by atoms with E-state index < -0.39 is 16.0 Å². The summed E-state index contributed by atoms with van der Waals surface area (Å²) in [6.07, 6.45) is 2.00. The molecule has 0 radical (unpaired) electrons. The lowest BCUT2D eigenvalue weighted by Gasteiger charge is -2.11. The fourth-order valence-corrected chi connectivity index (χ4v) is 2.65. The van der Waals surface area contributed by atoms with Crippen LogP contribution in [0.1, 0.15) is 5.56 Å². The summed E-state index contributed by atoms with van der Waals surface area (Å²) in [7, 11) is -2.54. The number of carbonyl (C=O) groups excluding carboxylic acids is 1. The van der Waals surface area contributed by atoms with Gasteiger partial charge in [0.1, 0.15) is 10.6 Å². The molecule has 2 N–H and O–H groups in total. The SMILES string of the molecule is COc1ccc(/C=C/C(=O)[O-])cc1S(=O)(=O)NCCO. The Bertz CT molecular complexity index is 608. The summed E-state index contributed by atoms with van der Waals surface area (Å²) in [5.41, 5.74) is 0.361. The highest BCUT2D eigenvalue weighted by molar-refractivity contribution is 7.89.